The molecule has 0 spiro atoms. The van der Waals surface area contributed by atoms with Crippen LogP contribution < -0.4 is 0 Å². The number of aryl methyl sites for hydroxylation is 1. The molecule has 1 heterocycles. The lowest BCUT2D eigenvalue weighted by molar-refractivity contribution is 0.392. The van der Waals surface area contributed by atoms with Crippen molar-refractivity contribution >= 4 is 10.1 Å². The number of nitrogens with zero attached hydrogens (tertiary/aromatic N) is 1. The van der Waals surface area contributed by atoms with Crippen LogP contribution in [0.5, 0.6) is 0 Å². The van der Waals surface area contributed by atoms with Crippen LogP contribution in [-0.2, 0) is 16.5 Å². The van der Waals surface area contributed by atoms with E-state index in [-0.39, 0.29) is 5.56 Å². The Balaban J connectivity index is 2.66. The molecular weight excluding hydrogens is 242 g/mol. The average Bonchev–Trinajstić information content (AvgIpc) is 2.77. The van der Waals surface area contributed by atoms with Gasteiger partial charge in [-0.2, -0.15) is 8.42 Å². The van der Waals surface area contributed by atoms with E-state index in [1.807, 2.05) is 19.1 Å². The van der Waals surface area contributed by atoms with E-state index in [1.54, 1.807) is 12.1 Å². The minimum absolute atomic E-state index is 0.282. The number of rotatable bonds is 3. The standard InChI is InChI=1S/C11H11NO4S/c1-2-8-5-3-4-6-9(8)10-7-16-12-11(10)17(13,14)15/h3-7H,2H2,1H3,(H,13,14,15). The predicted octanol–water partition coefficient (Wildman–Crippen LogP) is 2.15. The molecule has 1 aromatic heterocycles. The molecule has 0 atom stereocenters. The summed E-state index contributed by atoms with van der Waals surface area (Å²) in [5, 5.41) is 2.88. The van der Waals surface area contributed by atoms with E-state index < -0.39 is 15.1 Å². The molecule has 0 aliphatic rings. The number of benzene rings is 1. The second-order valence-corrected chi connectivity index (χ2v) is 4.86. The first-order valence-electron chi connectivity index (χ1n) is 5.04. The predicted molar refractivity (Wildman–Crippen MR) is 61.1 cm³/mol. The highest BCUT2D eigenvalue weighted by molar-refractivity contribution is 7.85. The molecule has 5 nitrogen and oxygen atoms in total. The summed E-state index contributed by atoms with van der Waals surface area (Å²) in [5.74, 6) is 0. The van der Waals surface area contributed by atoms with Gasteiger partial charge in [0.15, 0.2) is 0 Å². The van der Waals surface area contributed by atoms with E-state index in [4.69, 9.17) is 4.55 Å². The lowest BCUT2D eigenvalue weighted by Gasteiger charge is -2.05. The third-order valence-corrected chi connectivity index (χ3v) is 3.25. The van der Waals surface area contributed by atoms with Gasteiger partial charge in [0.25, 0.3) is 0 Å². The molecule has 0 saturated heterocycles. The van der Waals surface area contributed by atoms with Gasteiger partial charge in [0.05, 0.1) is 5.56 Å². The van der Waals surface area contributed by atoms with Gasteiger partial charge in [-0.15, -0.1) is 0 Å². The Morgan fingerprint density at radius 2 is 2.00 bits per heavy atom. The van der Waals surface area contributed by atoms with Crippen molar-refractivity contribution in [2.45, 2.75) is 18.4 Å². The summed E-state index contributed by atoms with van der Waals surface area (Å²) < 4.78 is 35.9. The first-order valence-corrected chi connectivity index (χ1v) is 6.48. The molecule has 0 unspecified atom stereocenters. The first-order chi connectivity index (χ1) is 8.04. The van der Waals surface area contributed by atoms with E-state index in [9.17, 15) is 8.42 Å². The first kappa shape index (κ1) is 11.8. The number of hydrogen-bond donors (Lipinski definition) is 1. The van der Waals surface area contributed by atoms with Gasteiger partial charge in [0.1, 0.15) is 6.26 Å². The van der Waals surface area contributed by atoms with E-state index in [1.165, 1.54) is 6.26 Å². The zero-order valence-corrected chi connectivity index (χ0v) is 9.94. The fourth-order valence-electron chi connectivity index (χ4n) is 1.68. The summed E-state index contributed by atoms with van der Waals surface area (Å²) in [6, 6.07) is 7.30. The van der Waals surface area contributed by atoms with Crippen LogP contribution in [0.25, 0.3) is 11.1 Å². The number of aromatic nitrogens is 1. The van der Waals surface area contributed by atoms with Gasteiger partial charge in [-0.3, -0.25) is 4.55 Å². The average molecular weight is 253 g/mol. The van der Waals surface area contributed by atoms with E-state index in [0.717, 1.165) is 12.0 Å². The highest BCUT2D eigenvalue weighted by atomic mass is 32.2. The number of hydrogen-bond acceptors (Lipinski definition) is 4. The zero-order valence-electron chi connectivity index (χ0n) is 9.12. The van der Waals surface area contributed by atoms with Gasteiger partial charge >= 0.3 is 10.1 Å². The van der Waals surface area contributed by atoms with Crippen molar-refractivity contribution in [2.24, 2.45) is 0 Å². The van der Waals surface area contributed by atoms with Gasteiger partial charge < -0.3 is 4.52 Å². The van der Waals surface area contributed by atoms with Crippen molar-refractivity contribution in [1.29, 1.82) is 0 Å². The highest BCUT2D eigenvalue weighted by Crippen LogP contribution is 2.29. The van der Waals surface area contributed by atoms with Crippen molar-refractivity contribution in [3.63, 3.8) is 0 Å². The Bertz CT molecular complexity index is 630. The smallest absolute Gasteiger partial charge is 0.316 e. The molecule has 0 radical (unpaired) electrons. The van der Waals surface area contributed by atoms with Crippen LogP contribution in [0.1, 0.15) is 12.5 Å². The molecule has 2 rings (SSSR count). The van der Waals surface area contributed by atoms with E-state index >= 15 is 0 Å². The maximum atomic E-state index is 11.1. The molecule has 0 bridgehead atoms. The third kappa shape index (κ3) is 2.22. The SMILES string of the molecule is CCc1ccccc1-c1conc1S(=O)(=O)O. The molecule has 1 N–H and O–H groups in total. The summed E-state index contributed by atoms with van der Waals surface area (Å²) in [5.41, 5.74) is 1.94. The summed E-state index contributed by atoms with van der Waals surface area (Å²) in [6.45, 7) is 1.96. The second kappa shape index (κ2) is 4.31. The van der Waals surface area contributed by atoms with Crippen molar-refractivity contribution in [3.8, 4) is 11.1 Å². The van der Waals surface area contributed by atoms with Crippen molar-refractivity contribution in [3.05, 3.63) is 36.1 Å². The van der Waals surface area contributed by atoms with Crippen molar-refractivity contribution in [1.82, 2.24) is 5.16 Å². The third-order valence-electron chi connectivity index (χ3n) is 2.47. The highest BCUT2D eigenvalue weighted by Gasteiger charge is 2.22. The van der Waals surface area contributed by atoms with E-state index in [0.29, 0.717) is 5.56 Å². The molecule has 0 aliphatic carbocycles. The largest absolute Gasteiger partial charge is 0.363 e. The van der Waals surface area contributed by atoms with Crippen LogP contribution in [0.4, 0.5) is 0 Å². The lowest BCUT2D eigenvalue weighted by atomic mass is 10.0. The normalized spacial score (nSPS) is 11.6. The summed E-state index contributed by atoms with van der Waals surface area (Å²) >= 11 is 0. The maximum Gasteiger partial charge on any atom is 0.316 e. The molecule has 0 aliphatic heterocycles. The van der Waals surface area contributed by atoms with Gasteiger partial charge in [-0.1, -0.05) is 36.3 Å². The Morgan fingerprint density at radius 3 is 2.65 bits per heavy atom. The molecule has 2 aromatic rings. The summed E-state index contributed by atoms with van der Waals surface area (Å²) in [7, 11) is -4.37. The molecule has 0 fully saturated rings. The molecule has 0 saturated carbocycles. The fourth-order valence-corrected chi connectivity index (χ4v) is 2.26. The van der Waals surface area contributed by atoms with Gasteiger partial charge in [-0.05, 0) is 17.5 Å². The van der Waals surface area contributed by atoms with Crippen molar-refractivity contribution < 1.29 is 17.5 Å². The lowest BCUT2D eigenvalue weighted by Crippen LogP contribution is -2.01. The minimum Gasteiger partial charge on any atom is -0.363 e. The van der Waals surface area contributed by atoms with Crippen LogP contribution >= 0.6 is 0 Å². The minimum atomic E-state index is -4.37. The zero-order chi connectivity index (χ0) is 12.5. The van der Waals surface area contributed by atoms with Crippen LogP contribution in [-0.4, -0.2) is 18.1 Å². The van der Waals surface area contributed by atoms with Crippen molar-refractivity contribution in [2.75, 3.05) is 0 Å². The topological polar surface area (TPSA) is 80.4 Å². The molecule has 90 valence electrons. The molecule has 6 heteroatoms. The fraction of sp³-hybridized carbons (Fsp3) is 0.182. The van der Waals surface area contributed by atoms with Gasteiger partial charge in [0, 0.05) is 0 Å². The van der Waals surface area contributed by atoms with Crippen LogP contribution in [0, 0.1) is 0 Å². The summed E-state index contributed by atoms with van der Waals surface area (Å²) in [6.07, 6.45) is 1.96. The maximum absolute atomic E-state index is 11.1. The Labute approximate surface area is 98.8 Å². The monoisotopic (exact) mass is 253 g/mol. The Morgan fingerprint density at radius 1 is 1.29 bits per heavy atom. The van der Waals surface area contributed by atoms with Gasteiger partial charge in [0.2, 0.25) is 5.03 Å². The Kier molecular flexibility index (Phi) is 2.99. The second-order valence-electron chi connectivity index (χ2n) is 3.52. The molecule has 0 amide bonds. The summed E-state index contributed by atoms with van der Waals surface area (Å²) in [4.78, 5) is 0. The van der Waals surface area contributed by atoms with Crippen LogP contribution in [0.2, 0.25) is 0 Å². The molecule has 1 aromatic carbocycles. The van der Waals surface area contributed by atoms with Crippen LogP contribution in [0.3, 0.4) is 0 Å². The molecular formula is C11H11NO4S. The van der Waals surface area contributed by atoms with Crippen LogP contribution in [0.15, 0.2) is 40.1 Å². The van der Waals surface area contributed by atoms with Gasteiger partial charge in [-0.25, -0.2) is 0 Å². The quantitative estimate of drug-likeness (QED) is 0.848. The van der Waals surface area contributed by atoms with E-state index in [2.05, 4.69) is 9.68 Å². The molecule has 17 heavy (non-hydrogen) atoms. The Hall–Kier alpha value is -1.66.